The normalized spacial score (nSPS) is 12.3. The van der Waals surface area contributed by atoms with Gasteiger partial charge in [0.1, 0.15) is 11.5 Å². The predicted molar refractivity (Wildman–Crippen MR) is 130 cm³/mol. The van der Waals surface area contributed by atoms with Crippen LogP contribution in [0.3, 0.4) is 0 Å². The molecule has 29 heavy (non-hydrogen) atoms. The minimum absolute atomic E-state index is 0.642. The molecule has 0 amide bonds. The Morgan fingerprint density at radius 3 is 2.34 bits per heavy atom. The van der Waals surface area contributed by atoms with Gasteiger partial charge in [0.15, 0.2) is 0 Å². The van der Waals surface area contributed by atoms with Crippen molar-refractivity contribution in [2.24, 2.45) is 0 Å². The van der Waals surface area contributed by atoms with Gasteiger partial charge < -0.3 is 9.47 Å². The first-order valence-corrected chi connectivity index (χ1v) is 12.5. The molecule has 0 heterocycles. The highest BCUT2D eigenvalue weighted by Crippen LogP contribution is 2.30. The number of benzene rings is 2. The van der Waals surface area contributed by atoms with E-state index in [1.807, 2.05) is 0 Å². The Balaban J connectivity index is 1.80. The molecular formula is C26H39BrO2. The fraction of sp³-hybridized carbons (Fsp3) is 0.615. The summed E-state index contributed by atoms with van der Waals surface area (Å²) in [7, 11) is 0. The van der Waals surface area contributed by atoms with Crippen LogP contribution in [0.25, 0.3) is 10.8 Å². The number of hydrogen-bond donors (Lipinski definition) is 0. The first kappa shape index (κ1) is 24.1. The van der Waals surface area contributed by atoms with Gasteiger partial charge in [-0.2, -0.15) is 0 Å². The SMILES string of the molecule is CCCCCCCCOc1ccc2cc(OCCCCC(Br)CC)ccc2c1C. The molecule has 0 spiro atoms. The molecule has 162 valence electrons. The monoisotopic (exact) mass is 462 g/mol. The van der Waals surface area contributed by atoms with Gasteiger partial charge in [0, 0.05) is 4.83 Å². The van der Waals surface area contributed by atoms with E-state index in [2.05, 4.69) is 67.0 Å². The fourth-order valence-corrected chi connectivity index (χ4v) is 3.94. The molecule has 1 unspecified atom stereocenters. The molecule has 2 rings (SSSR count). The zero-order valence-corrected chi connectivity index (χ0v) is 20.2. The van der Waals surface area contributed by atoms with Crippen LogP contribution in [0, 0.1) is 6.92 Å². The average Bonchev–Trinajstić information content (AvgIpc) is 2.74. The van der Waals surface area contributed by atoms with Gasteiger partial charge in [0.25, 0.3) is 0 Å². The lowest BCUT2D eigenvalue weighted by Crippen LogP contribution is -2.01. The molecule has 0 N–H and O–H groups in total. The van der Waals surface area contributed by atoms with Crippen molar-refractivity contribution in [1.29, 1.82) is 0 Å². The van der Waals surface area contributed by atoms with Crippen molar-refractivity contribution in [3.8, 4) is 11.5 Å². The lowest BCUT2D eigenvalue weighted by atomic mass is 10.0. The highest BCUT2D eigenvalue weighted by atomic mass is 79.9. The average molecular weight is 464 g/mol. The highest BCUT2D eigenvalue weighted by Gasteiger charge is 2.07. The number of halogens is 1. The molecule has 0 saturated carbocycles. The molecule has 0 radical (unpaired) electrons. The van der Waals surface area contributed by atoms with Gasteiger partial charge in [0.05, 0.1) is 13.2 Å². The van der Waals surface area contributed by atoms with Crippen molar-refractivity contribution < 1.29 is 9.47 Å². The topological polar surface area (TPSA) is 18.5 Å². The Kier molecular flexibility index (Phi) is 11.5. The summed E-state index contributed by atoms with van der Waals surface area (Å²) in [6.45, 7) is 8.23. The number of ether oxygens (including phenoxy) is 2. The molecule has 0 aromatic heterocycles. The molecule has 2 aromatic carbocycles. The quantitative estimate of drug-likeness (QED) is 0.194. The second-order valence-corrected chi connectivity index (χ2v) is 9.33. The molecule has 0 fully saturated rings. The van der Waals surface area contributed by atoms with Gasteiger partial charge in [-0.25, -0.2) is 0 Å². The maximum absolute atomic E-state index is 6.07. The Bertz CT molecular complexity index is 713. The van der Waals surface area contributed by atoms with Gasteiger partial charge in [-0.15, -0.1) is 0 Å². The van der Waals surface area contributed by atoms with E-state index in [1.54, 1.807) is 0 Å². The smallest absolute Gasteiger partial charge is 0.122 e. The van der Waals surface area contributed by atoms with Crippen LogP contribution in [0.1, 0.15) is 83.6 Å². The summed E-state index contributed by atoms with van der Waals surface area (Å²) in [4.78, 5) is 0.642. The molecule has 2 nitrogen and oxygen atoms in total. The van der Waals surface area contributed by atoms with Gasteiger partial charge in [-0.1, -0.05) is 74.0 Å². The van der Waals surface area contributed by atoms with Crippen LogP contribution < -0.4 is 9.47 Å². The van der Waals surface area contributed by atoms with Crippen LogP contribution in [0.5, 0.6) is 11.5 Å². The van der Waals surface area contributed by atoms with Crippen molar-refractivity contribution >= 4 is 26.7 Å². The molecule has 3 heteroatoms. The number of aryl methyl sites for hydroxylation is 1. The molecule has 2 aromatic rings. The summed E-state index contributed by atoms with van der Waals surface area (Å²) < 4.78 is 12.0. The molecule has 0 bridgehead atoms. The van der Waals surface area contributed by atoms with Gasteiger partial charge >= 0.3 is 0 Å². The standard InChI is InChI=1S/C26H39BrO2/c1-4-6-7-8-9-11-19-29-26-17-14-22-20-24(15-16-25(22)21(26)3)28-18-12-10-13-23(27)5-2/h14-17,20,23H,4-13,18-19H2,1-3H3. The first-order chi connectivity index (χ1) is 14.2. The zero-order valence-electron chi connectivity index (χ0n) is 18.6. The molecule has 0 aliphatic rings. The second kappa shape index (κ2) is 13.9. The number of unbranched alkanes of at least 4 members (excludes halogenated alkanes) is 6. The summed E-state index contributed by atoms with van der Waals surface area (Å²) >= 11 is 3.69. The highest BCUT2D eigenvalue weighted by molar-refractivity contribution is 9.09. The Morgan fingerprint density at radius 2 is 1.55 bits per heavy atom. The van der Waals surface area contributed by atoms with E-state index in [1.165, 1.54) is 67.7 Å². The van der Waals surface area contributed by atoms with E-state index in [-0.39, 0.29) is 0 Å². The van der Waals surface area contributed by atoms with Gasteiger partial charge in [0.2, 0.25) is 0 Å². The van der Waals surface area contributed by atoms with E-state index in [4.69, 9.17) is 9.47 Å². The van der Waals surface area contributed by atoms with Crippen molar-refractivity contribution in [3.05, 3.63) is 35.9 Å². The fourth-order valence-electron chi connectivity index (χ4n) is 3.62. The second-order valence-electron chi connectivity index (χ2n) is 8.04. The van der Waals surface area contributed by atoms with E-state index >= 15 is 0 Å². The van der Waals surface area contributed by atoms with Crippen LogP contribution in [-0.4, -0.2) is 18.0 Å². The number of alkyl halides is 1. The third-order valence-corrected chi connectivity index (χ3v) is 6.70. The van der Waals surface area contributed by atoms with Crippen molar-refractivity contribution in [2.45, 2.75) is 89.8 Å². The summed E-state index contributed by atoms with van der Waals surface area (Å²) in [5, 5.41) is 2.47. The van der Waals surface area contributed by atoms with E-state index in [9.17, 15) is 0 Å². The third-order valence-electron chi connectivity index (χ3n) is 5.59. The molecule has 0 saturated heterocycles. The maximum atomic E-state index is 6.07. The van der Waals surface area contributed by atoms with Crippen LogP contribution in [0.4, 0.5) is 0 Å². The Hall–Kier alpha value is -1.22. The predicted octanol–water partition coefficient (Wildman–Crippen LogP) is 8.61. The summed E-state index contributed by atoms with van der Waals surface area (Å²) in [5.74, 6) is 1.98. The largest absolute Gasteiger partial charge is 0.494 e. The summed E-state index contributed by atoms with van der Waals surface area (Å²) in [6.07, 6.45) is 12.5. The number of rotatable bonds is 15. The molecular weight excluding hydrogens is 424 g/mol. The van der Waals surface area contributed by atoms with Crippen molar-refractivity contribution in [1.82, 2.24) is 0 Å². The lowest BCUT2D eigenvalue weighted by Gasteiger charge is -2.13. The molecule has 1 atom stereocenters. The van der Waals surface area contributed by atoms with Gasteiger partial charge in [-0.05, 0) is 73.6 Å². The lowest BCUT2D eigenvalue weighted by molar-refractivity contribution is 0.302. The van der Waals surface area contributed by atoms with Crippen LogP contribution in [0.2, 0.25) is 0 Å². The van der Waals surface area contributed by atoms with Crippen LogP contribution in [0.15, 0.2) is 30.3 Å². The van der Waals surface area contributed by atoms with Crippen LogP contribution >= 0.6 is 15.9 Å². The number of hydrogen-bond acceptors (Lipinski definition) is 2. The maximum Gasteiger partial charge on any atom is 0.122 e. The molecule has 0 aliphatic carbocycles. The summed E-state index contributed by atoms with van der Waals surface area (Å²) in [6, 6.07) is 10.7. The molecule has 0 aliphatic heterocycles. The van der Waals surface area contributed by atoms with Crippen molar-refractivity contribution in [3.63, 3.8) is 0 Å². The summed E-state index contributed by atoms with van der Waals surface area (Å²) in [5.41, 5.74) is 1.22. The van der Waals surface area contributed by atoms with E-state index < -0.39 is 0 Å². The van der Waals surface area contributed by atoms with Crippen LogP contribution in [-0.2, 0) is 0 Å². The van der Waals surface area contributed by atoms with E-state index in [0.717, 1.165) is 37.6 Å². The Morgan fingerprint density at radius 1 is 0.828 bits per heavy atom. The minimum atomic E-state index is 0.642. The number of fused-ring (bicyclic) bond motifs is 1. The minimum Gasteiger partial charge on any atom is -0.494 e. The third kappa shape index (κ3) is 8.58. The first-order valence-electron chi connectivity index (χ1n) is 11.6. The Labute approximate surface area is 186 Å². The van der Waals surface area contributed by atoms with Gasteiger partial charge in [-0.3, -0.25) is 0 Å². The zero-order chi connectivity index (χ0) is 20.9. The van der Waals surface area contributed by atoms with Crippen molar-refractivity contribution in [2.75, 3.05) is 13.2 Å². The van der Waals surface area contributed by atoms with E-state index in [0.29, 0.717) is 4.83 Å².